The highest BCUT2D eigenvalue weighted by molar-refractivity contribution is 6.32. The number of carbonyl (C=O) groups is 2. The molecule has 0 bridgehead atoms. The molecule has 6 heteroatoms. The third kappa shape index (κ3) is 4.18. The van der Waals surface area contributed by atoms with Crippen LogP contribution in [0.1, 0.15) is 5.56 Å². The molecule has 1 aromatic rings. The van der Waals surface area contributed by atoms with Gasteiger partial charge in [0.15, 0.2) is 0 Å². The zero-order valence-corrected chi connectivity index (χ0v) is 10.3. The zero-order chi connectivity index (χ0) is 13.5. The van der Waals surface area contributed by atoms with Crippen LogP contribution in [0.15, 0.2) is 24.3 Å². The van der Waals surface area contributed by atoms with Crippen molar-refractivity contribution in [3.8, 4) is 0 Å². The first-order valence-corrected chi connectivity index (χ1v) is 5.39. The minimum atomic E-state index is -0.569. The monoisotopic (exact) mass is 271 g/mol. The summed E-state index contributed by atoms with van der Waals surface area (Å²) in [6.07, 6.45) is 2.33. The summed E-state index contributed by atoms with van der Waals surface area (Å²) >= 11 is 5.77. The van der Waals surface area contributed by atoms with Crippen molar-refractivity contribution in [2.45, 2.75) is 0 Å². The lowest BCUT2D eigenvalue weighted by atomic mass is 10.2. The second-order valence-electron chi connectivity index (χ2n) is 3.26. The average Bonchev–Trinajstić information content (AvgIpc) is 2.35. The molecule has 1 rings (SSSR count). The summed E-state index contributed by atoms with van der Waals surface area (Å²) in [6, 6.07) is 4.21. The highest BCUT2D eigenvalue weighted by Crippen LogP contribution is 2.20. The molecule has 4 nitrogen and oxygen atoms in total. The van der Waals surface area contributed by atoms with Crippen LogP contribution in [0.2, 0.25) is 5.02 Å². The van der Waals surface area contributed by atoms with Gasteiger partial charge in [-0.3, -0.25) is 9.59 Å². The zero-order valence-electron chi connectivity index (χ0n) is 9.57. The Kier molecular flexibility index (Phi) is 5.32. The number of benzene rings is 1. The van der Waals surface area contributed by atoms with Crippen LogP contribution < -0.4 is 5.32 Å². The van der Waals surface area contributed by atoms with E-state index in [1.165, 1.54) is 31.4 Å². The van der Waals surface area contributed by atoms with Crippen LogP contribution in [0.3, 0.4) is 0 Å². The number of amides is 1. The first-order chi connectivity index (χ1) is 8.54. The van der Waals surface area contributed by atoms with E-state index in [1.807, 2.05) is 0 Å². The number of carbonyl (C=O) groups excluding carboxylic acids is 2. The summed E-state index contributed by atoms with van der Waals surface area (Å²) in [5.41, 5.74) is 0.118. The standard InChI is InChI=1S/C12H11ClFNO3/c1-18-12(17)7-15-11(16)6-5-8-9(13)3-2-4-10(8)14/h2-6H,7H2,1H3,(H,15,16). The van der Waals surface area contributed by atoms with Gasteiger partial charge in [0.2, 0.25) is 5.91 Å². The number of halogens is 2. The minimum Gasteiger partial charge on any atom is -0.468 e. The van der Waals surface area contributed by atoms with E-state index < -0.39 is 17.7 Å². The maximum atomic E-state index is 13.3. The SMILES string of the molecule is COC(=O)CNC(=O)C=Cc1c(F)cccc1Cl. The maximum absolute atomic E-state index is 13.3. The number of ether oxygens (including phenoxy) is 1. The van der Waals surface area contributed by atoms with Gasteiger partial charge in [-0.2, -0.15) is 0 Å². The van der Waals surface area contributed by atoms with E-state index in [0.29, 0.717) is 0 Å². The lowest BCUT2D eigenvalue weighted by Crippen LogP contribution is -2.28. The summed E-state index contributed by atoms with van der Waals surface area (Å²) in [5, 5.41) is 2.48. The number of hydrogen-bond acceptors (Lipinski definition) is 3. The van der Waals surface area contributed by atoms with Crippen molar-refractivity contribution in [2.24, 2.45) is 0 Å². The highest BCUT2D eigenvalue weighted by atomic mass is 35.5. The number of hydrogen-bond donors (Lipinski definition) is 1. The van der Waals surface area contributed by atoms with Crippen molar-refractivity contribution in [1.29, 1.82) is 0 Å². The highest BCUT2D eigenvalue weighted by Gasteiger charge is 2.05. The van der Waals surface area contributed by atoms with Gasteiger partial charge in [0.05, 0.1) is 12.1 Å². The van der Waals surface area contributed by atoms with Crippen LogP contribution in [-0.4, -0.2) is 25.5 Å². The van der Waals surface area contributed by atoms with Crippen molar-refractivity contribution >= 4 is 29.6 Å². The van der Waals surface area contributed by atoms with E-state index in [0.717, 1.165) is 6.08 Å². The molecule has 0 heterocycles. The van der Waals surface area contributed by atoms with Crippen LogP contribution in [0, 0.1) is 5.82 Å². The van der Waals surface area contributed by atoms with E-state index in [-0.39, 0.29) is 17.1 Å². The molecule has 0 fully saturated rings. The van der Waals surface area contributed by atoms with Crippen molar-refractivity contribution in [2.75, 3.05) is 13.7 Å². The molecule has 18 heavy (non-hydrogen) atoms. The molecule has 1 aromatic carbocycles. The molecule has 0 unspecified atom stereocenters. The number of esters is 1. The molecule has 0 aromatic heterocycles. The average molecular weight is 272 g/mol. The number of nitrogens with one attached hydrogen (secondary N) is 1. The molecule has 0 saturated carbocycles. The first kappa shape index (κ1) is 14.2. The molecular formula is C12H11ClFNO3. The molecule has 1 amide bonds. The molecule has 0 radical (unpaired) electrons. The molecule has 96 valence electrons. The topological polar surface area (TPSA) is 55.4 Å². The molecule has 0 aliphatic rings. The minimum absolute atomic E-state index is 0.118. The normalized spacial score (nSPS) is 10.4. The molecule has 1 N–H and O–H groups in total. The van der Waals surface area contributed by atoms with Crippen LogP contribution >= 0.6 is 11.6 Å². The molecular weight excluding hydrogens is 261 g/mol. The second kappa shape index (κ2) is 6.76. The smallest absolute Gasteiger partial charge is 0.325 e. The van der Waals surface area contributed by atoms with Crippen molar-refractivity contribution in [1.82, 2.24) is 5.32 Å². The van der Waals surface area contributed by atoms with Crippen molar-refractivity contribution in [3.63, 3.8) is 0 Å². The summed E-state index contributed by atoms with van der Waals surface area (Å²) < 4.78 is 17.7. The Morgan fingerprint density at radius 3 is 2.83 bits per heavy atom. The number of rotatable bonds is 4. The van der Waals surface area contributed by atoms with E-state index >= 15 is 0 Å². The number of methoxy groups -OCH3 is 1. The second-order valence-corrected chi connectivity index (χ2v) is 3.67. The maximum Gasteiger partial charge on any atom is 0.325 e. The van der Waals surface area contributed by atoms with E-state index in [4.69, 9.17) is 11.6 Å². The van der Waals surface area contributed by atoms with Crippen LogP contribution in [0.25, 0.3) is 6.08 Å². The molecule has 0 aliphatic heterocycles. The van der Waals surface area contributed by atoms with Gasteiger partial charge in [-0.25, -0.2) is 4.39 Å². The van der Waals surface area contributed by atoms with Gasteiger partial charge in [-0.1, -0.05) is 17.7 Å². The predicted octanol–water partition coefficient (Wildman–Crippen LogP) is 1.78. The van der Waals surface area contributed by atoms with Gasteiger partial charge in [0.1, 0.15) is 12.4 Å². The Balaban J connectivity index is 2.64. The third-order valence-corrected chi connectivity index (χ3v) is 2.37. The Labute approximate surface area is 108 Å². The largest absolute Gasteiger partial charge is 0.468 e. The predicted molar refractivity (Wildman–Crippen MR) is 65.5 cm³/mol. The molecule has 0 saturated heterocycles. The van der Waals surface area contributed by atoms with E-state index in [9.17, 15) is 14.0 Å². The molecule has 0 spiro atoms. The summed E-state index contributed by atoms with van der Waals surface area (Å²) in [6.45, 7) is -0.245. The fraction of sp³-hybridized carbons (Fsp3) is 0.167. The van der Waals surface area contributed by atoms with E-state index in [1.54, 1.807) is 0 Å². The van der Waals surface area contributed by atoms with Gasteiger partial charge in [0, 0.05) is 11.6 Å². The van der Waals surface area contributed by atoms with Gasteiger partial charge in [-0.15, -0.1) is 0 Å². The Morgan fingerprint density at radius 1 is 1.50 bits per heavy atom. The van der Waals surface area contributed by atoms with Crippen molar-refractivity contribution < 1.29 is 18.7 Å². The summed E-state index contributed by atoms with van der Waals surface area (Å²) in [4.78, 5) is 22.0. The van der Waals surface area contributed by atoms with Gasteiger partial charge >= 0.3 is 5.97 Å². The third-order valence-electron chi connectivity index (χ3n) is 2.04. The van der Waals surface area contributed by atoms with Crippen LogP contribution in [0.4, 0.5) is 4.39 Å². The Morgan fingerprint density at radius 2 is 2.22 bits per heavy atom. The molecule has 0 atom stereocenters. The summed E-state index contributed by atoms with van der Waals surface area (Å²) in [5.74, 6) is -1.64. The summed E-state index contributed by atoms with van der Waals surface area (Å²) in [7, 11) is 1.21. The first-order valence-electron chi connectivity index (χ1n) is 5.01. The van der Waals surface area contributed by atoms with Gasteiger partial charge < -0.3 is 10.1 Å². The Hall–Kier alpha value is -1.88. The van der Waals surface area contributed by atoms with Crippen LogP contribution in [-0.2, 0) is 14.3 Å². The van der Waals surface area contributed by atoms with Gasteiger partial charge in [-0.05, 0) is 18.2 Å². The van der Waals surface area contributed by atoms with E-state index in [2.05, 4.69) is 10.1 Å². The molecule has 0 aliphatic carbocycles. The quantitative estimate of drug-likeness (QED) is 0.671. The fourth-order valence-corrected chi connectivity index (χ4v) is 1.35. The van der Waals surface area contributed by atoms with Crippen molar-refractivity contribution in [3.05, 3.63) is 40.7 Å². The van der Waals surface area contributed by atoms with Crippen LogP contribution in [0.5, 0.6) is 0 Å². The Bertz CT molecular complexity index is 468. The lowest BCUT2D eigenvalue weighted by molar-refractivity contribution is -0.140. The lowest BCUT2D eigenvalue weighted by Gasteiger charge is -2.01. The van der Waals surface area contributed by atoms with Gasteiger partial charge in [0.25, 0.3) is 0 Å². The fourth-order valence-electron chi connectivity index (χ4n) is 1.12.